The van der Waals surface area contributed by atoms with Gasteiger partial charge < -0.3 is 0 Å². The molecule has 2 nitrogen and oxygen atoms in total. The summed E-state index contributed by atoms with van der Waals surface area (Å²) in [6.07, 6.45) is 2.39. The van der Waals surface area contributed by atoms with Crippen LogP contribution < -0.4 is 0 Å². The smallest absolute Gasteiger partial charge is 0.202 e. The van der Waals surface area contributed by atoms with Crippen molar-refractivity contribution in [2.24, 2.45) is 0 Å². The van der Waals surface area contributed by atoms with E-state index in [0.717, 1.165) is 11.1 Å². The Kier molecular flexibility index (Phi) is 4.40. The Balaban J connectivity index is 2.23. The summed E-state index contributed by atoms with van der Waals surface area (Å²) in [5, 5.41) is 0. The van der Waals surface area contributed by atoms with Gasteiger partial charge in [0, 0.05) is 4.91 Å². The molecule has 0 spiro atoms. The number of hydrogen-bond donors (Lipinski definition) is 0. The van der Waals surface area contributed by atoms with E-state index in [1.807, 2.05) is 49.4 Å². The maximum Gasteiger partial charge on any atom is 0.202 e. The minimum absolute atomic E-state index is 0.352. The Morgan fingerprint density at radius 1 is 1.00 bits per heavy atom. The molecule has 0 bridgehead atoms. The number of hydrogen-bond acceptors (Lipinski definition) is 2. The van der Waals surface area contributed by atoms with Crippen LogP contribution in [-0.2, 0) is 16.3 Å². The van der Waals surface area contributed by atoms with Crippen LogP contribution in [0.5, 0.6) is 0 Å². The summed E-state index contributed by atoms with van der Waals surface area (Å²) in [6, 6.07) is 16.8. The van der Waals surface area contributed by atoms with E-state index in [-0.39, 0.29) is 0 Å². The predicted molar refractivity (Wildman–Crippen MR) is 82.3 cm³/mol. The summed E-state index contributed by atoms with van der Waals surface area (Å²) in [4.78, 5) is 0.745. The first-order valence-corrected chi connectivity index (χ1v) is 8.01. The second kappa shape index (κ2) is 6.06. The molecule has 0 saturated heterocycles. The standard InChI is InChI=1S/C17H18O2S/c1-14-8-12-17(13-9-14)20(18,19)15(2)10-11-16-6-4-3-5-7-16/h3-10,12-13H,11H2,1-2H3/b15-10+. The molecule has 0 aliphatic carbocycles. The fraction of sp³-hybridized carbons (Fsp3) is 0.176. The molecule has 0 heterocycles. The van der Waals surface area contributed by atoms with Gasteiger partial charge in [0.1, 0.15) is 0 Å². The van der Waals surface area contributed by atoms with E-state index in [1.165, 1.54) is 0 Å². The first-order valence-electron chi connectivity index (χ1n) is 6.52. The molecule has 0 amide bonds. The molecule has 0 unspecified atom stereocenters. The third kappa shape index (κ3) is 3.36. The van der Waals surface area contributed by atoms with E-state index in [1.54, 1.807) is 25.1 Å². The molecule has 0 radical (unpaired) electrons. The Bertz CT molecular complexity index is 696. The van der Waals surface area contributed by atoms with Crippen molar-refractivity contribution in [1.29, 1.82) is 0 Å². The monoisotopic (exact) mass is 286 g/mol. The minimum Gasteiger partial charge on any atom is -0.219 e. The highest BCUT2D eigenvalue weighted by Crippen LogP contribution is 2.19. The van der Waals surface area contributed by atoms with E-state index in [2.05, 4.69) is 0 Å². The summed E-state index contributed by atoms with van der Waals surface area (Å²) in [5.41, 5.74) is 2.15. The Hall–Kier alpha value is -1.87. The zero-order chi connectivity index (χ0) is 14.6. The molecule has 2 aromatic carbocycles. The van der Waals surface area contributed by atoms with E-state index in [0.29, 0.717) is 16.2 Å². The predicted octanol–water partition coefficient (Wildman–Crippen LogP) is 3.92. The van der Waals surface area contributed by atoms with Crippen molar-refractivity contribution >= 4 is 9.84 Å². The normalized spacial score (nSPS) is 12.4. The van der Waals surface area contributed by atoms with E-state index < -0.39 is 9.84 Å². The van der Waals surface area contributed by atoms with Crippen molar-refractivity contribution in [3.8, 4) is 0 Å². The van der Waals surface area contributed by atoms with Gasteiger partial charge in [-0.3, -0.25) is 0 Å². The zero-order valence-electron chi connectivity index (χ0n) is 11.7. The van der Waals surface area contributed by atoms with E-state index >= 15 is 0 Å². The second-order valence-corrected chi connectivity index (χ2v) is 6.94. The van der Waals surface area contributed by atoms with Crippen LogP contribution in [0.15, 0.2) is 70.5 Å². The quantitative estimate of drug-likeness (QED) is 0.854. The van der Waals surface area contributed by atoms with Gasteiger partial charge in [-0.2, -0.15) is 0 Å². The molecular formula is C17H18O2S. The molecule has 0 aliphatic heterocycles. The third-order valence-electron chi connectivity index (χ3n) is 3.22. The van der Waals surface area contributed by atoms with Gasteiger partial charge in [-0.25, -0.2) is 8.42 Å². The van der Waals surface area contributed by atoms with Crippen LogP contribution in [0.3, 0.4) is 0 Å². The van der Waals surface area contributed by atoms with Crippen molar-refractivity contribution in [2.45, 2.75) is 25.2 Å². The third-order valence-corrected chi connectivity index (χ3v) is 5.13. The Morgan fingerprint density at radius 2 is 1.60 bits per heavy atom. The lowest BCUT2D eigenvalue weighted by molar-refractivity contribution is 0.602. The number of allylic oxidation sites excluding steroid dienone is 2. The largest absolute Gasteiger partial charge is 0.219 e. The van der Waals surface area contributed by atoms with Crippen LogP contribution in [0.25, 0.3) is 0 Å². The van der Waals surface area contributed by atoms with E-state index in [4.69, 9.17) is 0 Å². The lowest BCUT2D eigenvalue weighted by Crippen LogP contribution is -2.02. The minimum atomic E-state index is -3.36. The maximum absolute atomic E-state index is 12.4. The van der Waals surface area contributed by atoms with Gasteiger partial charge in [0.25, 0.3) is 0 Å². The zero-order valence-corrected chi connectivity index (χ0v) is 12.5. The number of rotatable bonds is 4. The first-order chi connectivity index (χ1) is 9.50. The number of aryl methyl sites for hydroxylation is 1. The summed E-state index contributed by atoms with van der Waals surface area (Å²) < 4.78 is 24.8. The summed E-state index contributed by atoms with van der Waals surface area (Å²) in [6.45, 7) is 3.59. The Labute approximate surface area is 120 Å². The molecular weight excluding hydrogens is 268 g/mol. The van der Waals surface area contributed by atoms with Gasteiger partial charge in [0.15, 0.2) is 0 Å². The molecule has 0 saturated carbocycles. The maximum atomic E-state index is 12.4. The van der Waals surface area contributed by atoms with Crippen LogP contribution in [0.4, 0.5) is 0 Å². The van der Waals surface area contributed by atoms with Gasteiger partial charge in [0.2, 0.25) is 9.84 Å². The second-order valence-electron chi connectivity index (χ2n) is 4.82. The van der Waals surface area contributed by atoms with Crippen LogP contribution >= 0.6 is 0 Å². The van der Waals surface area contributed by atoms with Crippen LogP contribution in [0.2, 0.25) is 0 Å². The van der Waals surface area contributed by atoms with Crippen molar-refractivity contribution in [1.82, 2.24) is 0 Å². The molecule has 2 rings (SSSR count). The van der Waals surface area contributed by atoms with Crippen LogP contribution in [-0.4, -0.2) is 8.42 Å². The molecule has 104 valence electrons. The molecule has 0 atom stereocenters. The molecule has 2 aromatic rings. The van der Waals surface area contributed by atoms with Crippen molar-refractivity contribution in [2.75, 3.05) is 0 Å². The van der Waals surface area contributed by atoms with Gasteiger partial charge >= 0.3 is 0 Å². The summed E-state index contributed by atoms with van der Waals surface area (Å²) in [7, 11) is -3.36. The van der Waals surface area contributed by atoms with Gasteiger partial charge in [-0.15, -0.1) is 0 Å². The lowest BCUT2D eigenvalue weighted by Gasteiger charge is -2.05. The molecule has 0 fully saturated rings. The molecule has 3 heteroatoms. The fourth-order valence-electron chi connectivity index (χ4n) is 1.89. The highest BCUT2D eigenvalue weighted by Gasteiger charge is 2.16. The van der Waals surface area contributed by atoms with Gasteiger partial charge in [0.05, 0.1) is 4.90 Å². The Morgan fingerprint density at radius 3 is 2.20 bits per heavy atom. The summed E-state index contributed by atoms with van der Waals surface area (Å²) in [5.74, 6) is 0. The molecule has 0 aliphatic rings. The molecule has 0 N–H and O–H groups in total. The van der Waals surface area contributed by atoms with Gasteiger partial charge in [-0.1, -0.05) is 54.1 Å². The molecule has 20 heavy (non-hydrogen) atoms. The van der Waals surface area contributed by atoms with Crippen LogP contribution in [0, 0.1) is 6.92 Å². The molecule has 0 aromatic heterocycles. The topological polar surface area (TPSA) is 34.1 Å². The number of benzene rings is 2. The van der Waals surface area contributed by atoms with Crippen LogP contribution in [0.1, 0.15) is 18.1 Å². The van der Waals surface area contributed by atoms with Crippen molar-refractivity contribution in [3.63, 3.8) is 0 Å². The van der Waals surface area contributed by atoms with Crippen molar-refractivity contribution < 1.29 is 8.42 Å². The summed E-state index contributed by atoms with van der Waals surface area (Å²) >= 11 is 0. The van der Waals surface area contributed by atoms with Gasteiger partial charge in [-0.05, 0) is 38.0 Å². The first kappa shape index (κ1) is 14.5. The SMILES string of the molecule is C/C(=C\Cc1ccccc1)S(=O)(=O)c1ccc(C)cc1. The highest BCUT2D eigenvalue weighted by atomic mass is 32.2. The number of sulfone groups is 1. The highest BCUT2D eigenvalue weighted by molar-refractivity contribution is 7.95. The fourth-order valence-corrected chi connectivity index (χ4v) is 3.06. The average Bonchev–Trinajstić information content (AvgIpc) is 2.46. The average molecular weight is 286 g/mol. The lowest BCUT2D eigenvalue weighted by atomic mass is 10.1. The van der Waals surface area contributed by atoms with E-state index in [9.17, 15) is 8.42 Å². The van der Waals surface area contributed by atoms with Crippen molar-refractivity contribution in [3.05, 3.63) is 76.7 Å².